The van der Waals surface area contributed by atoms with Crippen LogP contribution in [-0.2, 0) is 13.5 Å². The van der Waals surface area contributed by atoms with Gasteiger partial charge in [0.15, 0.2) is 0 Å². The van der Waals surface area contributed by atoms with Crippen LogP contribution in [0.4, 0.5) is 0 Å². The van der Waals surface area contributed by atoms with E-state index in [4.69, 9.17) is 5.84 Å². The smallest absolute Gasteiger partial charge is 0.0522 e. The molecule has 1 fully saturated rings. The Kier molecular flexibility index (Phi) is 5.18. The molecule has 0 aliphatic heterocycles. The zero-order valence-corrected chi connectivity index (χ0v) is 13.1. The minimum Gasteiger partial charge on any atom is -0.302 e. The largest absolute Gasteiger partial charge is 0.302 e. The van der Waals surface area contributed by atoms with Crippen LogP contribution in [0.15, 0.2) is 12.4 Å². The highest BCUT2D eigenvalue weighted by Crippen LogP contribution is 2.35. The van der Waals surface area contributed by atoms with Crippen LogP contribution in [0.2, 0.25) is 0 Å². The van der Waals surface area contributed by atoms with E-state index in [0.29, 0.717) is 0 Å². The van der Waals surface area contributed by atoms with E-state index in [9.17, 15) is 0 Å². The molecular formula is C15H29N5. The van der Waals surface area contributed by atoms with Gasteiger partial charge >= 0.3 is 0 Å². The molecule has 0 aromatic carbocycles. The van der Waals surface area contributed by atoms with Crippen molar-refractivity contribution < 1.29 is 0 Å². The van der Waals surface area contributed by atoms with E-state index in [1.807, 2.05) is 17.9 Å². The summed E-state index contributed by atoms with van der Waals surface area (Å²) < 4.78 is 1.86. The maximum Gasteiger partial charge on any atom is 0.0522 e. The summed E-state index contributed by atoms with van der Waals surface area (Å²) in [5, 5.41) is 4.27. The monoisotopic (exact) mass is 279 g/mol. The summed E-state index contributed by atoms with van der Waals surface area (Å²) >= 11 is 0. The molecule has 20 heavy (non-hydrogen) atoms. The first kappa shape index (κ1) is 15.5. The predicted octanol–water partition coefficient (Wildman–Crippen LogP) is 1.45. The van der Waals surface area contributed by atoms with Crippen LogP contribution in [0.1, 0.15) is 44.1 Å². The molecule has 0 amide bonds. The Balaban J connectivity index is 2.19. The fraction of sp³-hybridized carbons (Fsp3) is 0.800. The summed E-state index contributed by atoms with van der Waals surface area (Å²) in [6.45, 7) is 0. The molecule has 1 aromatic heterocycles. The molecule has 5 nitrogen and oxygen atoms in total. The topological polar surface area (TPSA) is 59.1 Å². The van der Waals surface area contributed by atoms with Crippen molar-refractivity contribution in [1.82, 2.24) is 20.1 Å². The second-order valence-electron chi connectivity index (χ2n) is 6.36. The van der Waals surface area contributed by atoms with Crippen LogP contribution in [0.25, 0.3) is 0 Å². The number of nitrogens with zero attached hydrogens (tertiary/aromatic N) is 3. The summed E-state index contributed by atoms with van der Waals surface area (Å²) in [6, 6.07) is 0.264. The Hall–Kier alpha value is -0.910. The molecule has 2 rings (SSSR count). The van der Waals surface area contributed by atoms with Gasteiger partial charge in [0.1, 0.15) is 0 Å². The first-order chi connectivity index (χ1) is 9.58. The SMILES string of the molecule is CN(C)C1(C(Cc2cnn(C)c2)NN)CCCCCC1. The lowest BCUT2D eigenvalue weighted by molar-refractivity contribution is 0.0801. The van der Waals surface area contributed by atoms with Crippen LogP contribution in [0, 0.1) is 0 Å². The first-order valence-electron chi connectivity index (χ1n) is 7.69. The summed E-state index contributed by atoms with van der Waals surface area (Å²) in [7, 11) is 6.35. The average molecular weight is 279 g/mol. The quantitative estimate of drug-likeness (QED) is 0.486. The molecule has 5 heteroatoms. The van der Waals surface area contributed by atoms with Crippen molar-refractivity contribution in [2.75, 3.05) is 14.1 Å². The normalized spacial score (nSPS) is 20.9. The van der Waals surface area contributed by atoms with E-state index in [1.54, 1.807) is 0 Å². The Morgan fingerprint density at radius 1 is 1.35 bits per heavy atom. The van der Waals surface area contributed by atoms with E-state index in [1.165, 1.54) is 44.1 Å². The summed E-state index contributed by atoms with van der Waals surface area (Å²) in [4.78, 5) is 2.39. The third-order valence-corrected chi connectivity index (χ3v) is 4.91. The van der Waals surface area contributed by atoms with Crippen LogP contribution in [-0.4, -0.2) is 40.4 Å². The Bertz CT molecular complexity index is 404. The van der Waals surface area contributed by atoms with E-state index >= 15 is 0 Å². The second kappa shape index (κ2) is 6.70. The Morgan fingerprint density at radius 2 is 2.00 bits per heavy atom. The second-order valence-corrected chi connectivity index (χ2v) is 6.36. The average Bonchev–Trinajstić information content (AvgIpc) is 2.68. The van der Waals surface area contributed by atoms with Gasteiger partial charge in [-0.05, 0) is 38.9 Å². The molecule has 1 unspecified atom stereocenters. The number of aromatic nitrogens is 2. The third-order valence-electron chi connectivity index (χ3n) is 4.91. The van der Waals surface area contributed by atoms with Gasteiger partial charge in [0.05, 0.1) is 6.20 Å². The van der Waals surface area contributed by atoms with Crippen molar-refractivity contribution in [3.8, 4) is 0 Å². The van der Waals surface area contributed by atoms with Gasteiger partial charge in [-0.3, -0.25) is 16.0 Å². The fourth-order valence-corrected chi connectivity index (χ4v) is 3.67. The third kappa shape index (κ3) is 3.22. The molecule has 1 aromatic rings. The van der Waals surface area contributed by atoms with Crippen LogP contribution in [0.5, 0.6) is 0 Å². The number of likely N-dealkylation sites (N-methyl/N-ethyl adjacent to an activating group) is 1. The number of hydrazine groups is 1. The van der Waals surface area contributed by atoms with Crippen molar-refractivity contribution in [3.05, 3.63) is 18.0 Å². The maximum atomic E-state index is 5.93. The Morgan fingerprint density at radius 3 is 2.45 bits per heavy atom. The molecule has 1 atom stereocenters. The highest BCUT2D eigenvalue weighted by Gasteiger charge is 2.40. The van der Waals surface area contributed by atoms with Gasteiger partial charge in [-0.25, -0.2) is 0 Å². The zero-order chi connectivity index (χ0) is 14.6. The van der Waals surface area contributed by atoms with E-state index in [-0.39, 0.29) is 11.6 Å². The molecule has 0 spiro atoms. The highest BCUT2D eigenvalue weighted by molar-refractivity contribution is 5.11. The number of nitrogens with two attached hydrogens (primary N) is 1. The molecule has 114 valence electrons. The summed E-state index contributed by atoms with van der Waals surface area (Å²) in [5.41, 5.74) is 4.51. The van der Waals surface area contributed by atoms with Gasteiger partial charge in [-0.15, -0.1) is 0 Å². The van der Waals surface area contributed by atoms with E-state index in [2.05, 4.69) is 35.7 Å². The van der Waals surface area contributed by atoms with Crippen molar-refractivity contribution in [3.63, 3.8) is 0 Å². The van der Waals surface area contributed by atoms with Crippen molar-refractivity contribution in [2.45, 2.75) is 56.5 Å². The minimum absolute atomic E-state index is 0.154. The molecular weight excluding hydrogens is 250 g/mol. The van der Waals surface area contributed by atoms with E-state index in [0.717, 1.165) is 6.42 Å². The molecule has 1 heterocycles. The zero-order valence-electron chi connectivity index (χ0n) is 13.1. The number of rotatable bonds is 5. The first-order valence-corrected chi connectivity index (χ1v) is 7.69. The predicted molar refractivity (Wildman–Crippen MR) is 82.1 cm³/mol. The molecule has 0 radical (unpaired) electrons. The standard InChI is InChI=1S/C15H29N5/c1-19(2)15(8-6-4-5-7-9-15)14(18-16)10-13-11-17-20(3)12-13/h11-12,14,18H,4-10,16H2,1-3H3. The number of hydrogen-bond acceptors (Lipinski definition) is 4. The van der Waals surface area contributed by atoms with Gasteiger partial charge < -0.3 is 4.90 Å². The number of nitrogens with one attached hydrogen (secondary N) is 1. The maximum absolute atomic E-state index is 5.93. The molecule has 0 saturated heterocycles. The van der Waals surface area contributed by atoms with Gasteiger partial charge in [0.2, 0.25) is 0 Å². The minimum atomic E-state index is 0.154. The lowest BCUT2D eigenvalue weighted by Crippen LogP contribution is -2.61. The molecule has 1 saturated carbocycles. The lowest BCUT2D eigenvalue weighted by atomic mass is 9.79. The molecule has 1 aliphatic rings. The van der Waals surface area contributed by atoms with Gasteiger partial charge in [-0.1, -0.05) is 25.7 Å². The fourth-order valence-electron chi connectivity index (χ4n) is 3.67. The highest BCUT2D eigenvalue weighted by atomic mass is 15.3. The van der Waals surface area contributed by atoms with Gasteiger partial charge in [-0.2, -0.15) is 5.10 Å². The van der Waals surface area contributed by atoms with Gasteiger partial charge in [0, 0.05) is 24.8 Å². The summed E-state index contributed by atoms with van der Waals surface area (Å²) in [5.74, 6) is 5.93. The van der Waals surface area contributed by atoms with E-state index < -0.39 is 0 Å². The van der Waals surface area contributed by atoms with Crippen LogP contribution >= 0.6 is 0 Å². The molecule has 1 aliphatic carbocycles. The Labute approximate surface area is 122 Å². The van der Waals surface area contributed by atoms with Crippen LogP contribution in [0.3, 0.4) is 0 Å². The van der Waals surface area contributed by atoms with Crippen molar-refractivity contribution in [2.24, 2.45) is 12.9 Å². The van der Waals surface area contributed by atoms with Crippen LogP contribution < -0.4 is 11.3 Å². The molecule has 3 N–H and O–H groups in total. The van der Waals surface area contributed by atoms with Gasteiger partial charge in [0.25, 0.3) is 0 Å². The lowest BCUT2D eigenvalue weighted by Gasteiger charge is -2.45. The van der Waals surface area contributed by atoms with Crippen molar-refractivity contribution >= 4 is 0 Å². The molecule has 0 bridgehead atoms. The number of hydrogen-bond donors (Lipinski definition) is 2. The summed E-state index contributed by atoms with van der Waals surface area (Å²) in [6.07, 6.45) is 12.7. The van der Waals surface area contributed by atoms with Crippen molar-refractivity contribution in [1.29, 1.82) is 0 Å². The number of aryl methyl sites for hydroxylation is 1.